The van der Waals surface area contributed by atoms with Gasteiger partial charge in [-0.1, -0.05) is 75.9 Å². The van der Waals surface area contributed by atoms with Gasteiger partial charge in [-0.2, -0.15) is 0 Å². The van der Waals surface area contributed by atoms with Gasteiger partial charge in [0.25, 0.3) is 17.7 Å². The largest absolute Gasteiger partial charge is 0.496 e. The molecule has 428 valence electrons. The lowest BCUT2D eigenvalue weighted by molar-refractivity contribution is -0.162. The highest BCUT2D eigenvalue weighted by Gasteiger charge is 2.45. The first-order valence-electron chi connectivity index (χ1n) is 28.2. The van der Waals surface area contributed by atoms with E-state index in [4.69, 9.17) is 28.4 Å². The van der Waals surface area contributed by atoms with Gasteiger partial charge in [0.15, 0.2) is 23.9 Å². The summed E-state index contributed by atoms with van der Waals surface area (Å²) in [5.41, 5.74) is 5.40. The van der Waals surface area contributed by atoms with E-state index in [0.717, 1.165) is 89.8 Å². The van der Waals surface area contributed by atoms with Crippen molar-refractivity contribution in [1.29, 1.82) is 0 Å². The molecular formula is C63H78N4O13. The van der Waals surface area contributed by atoms with Crippen LogP contribution < -0.4 is 34.3 Å². The number of methoxy groups -OCH3 is 3. The van der Waals surface area contributed by atoms with Crippen molar-refractivity contribution in [2.45, 2.75) is 148 Å². The third-order valence-corrected chi connectivity index (χ3v) is 15.4. The van der Waals surface area contributed by atoms with E-state index in [1.807, 2.05) is 63.2 Å². The van der Waals surface area contributed by atoms with Crippen molar-refractivity contribution in [2.24, 2.45) is 0 Å². The Kier molecular flexibility index (Phi) is 21.7. The van der Waals surface area contributed by atoms with Gasteiger partial charge >= 0.3 is 5.97 Å². The first kappa shape index (κ1) is 60.0. The van der Waals surface area contributed by atoms with Gasteiger partial charge in [-0.25, -0.2) is 4.79 Å². The van der Waals surface area contributed by atoms with Crippen molar-refractivity contribution in [3.63, 3.8) is 0 Å². The Morgan fingerprint density at radius 2 is 1.48 bits per heavy atom. The lowest BCUT2D eigenvalue weighted by Gasteiger charge is -2.37. The molecule has 2 fully saturated rings. The summed E-state index contributed by atoms with van der Waals surface area (Å²) in [6.45, 7) is 10.3. The van der Waals surface area contributed by atoms with Crippen LogP contribution in [0.4, 0.5) is 0 Å². The number of amides is 5. The predicted octanol–water partition coefficient (Wildman–Crippen LogP) is 9.77. The summed E-state index contributed by atoms with van der Waals surface area (Å²) in [5.74, 6) is -0.401. The SMILES string of the molecule is C=C1CCC(N2C(=O)c3cccc(OCC(=O)CCCCCCCCCNC(=O)COc4ccc([C@@H](CCc5ccc(OC)c(OC)c5)OC(=O)[C@@H]5CCCCN5C(=O)[C@@H](CC)c5cc(C)c(C)c(OC)c5)cc4)c3C2=O)C(=O)N1. The molecule has 0 saturated carbocycles. The number of hydrogen-bond acceptors (Lipinski definition) is 13. The monoisotopic (exact) mass is 1100 g/mol. The number of likely N-dealkylation sites (tertiary alicyclic amines) is 1. The molecule has 3 aliphatic heterocycles. The zero-order valence-corrected chi connectivity index (χ0v) is 47.3. The van der Waals surface area contributed by atoms with Crippen molar-refractivity contribution in [1.82, 2.24) is 20.4 Å². The molecule has 17 heteroatoms. The molecule has 17 nitrogen and oxygen atoms in total. The Balaban J connectivity index is 0.826. The number of piperidine rings is 2. The summed E-state index contributed by atoms with van der Waals surface area (Å²) >= 11 is 0. The van der Waals surface area contributed by atoms with Gasteiger partial charge in [-0.15, -0.1) is 0 Å². The van der Waals surface area contributed by atoms with Crippen LogP contribution in [-0.2, 0) is 35.1 Å². The zero-order valence-electron chi connectivity index (χ0n) is 47.3. The van der Waals surface area contributed by atoms with Gasteiger partial charge in [-0.05, 0) is 148 Å². The number of ether oxygens (including phenoxy) is 6. The second-order valence-electron chi connectivity index (χ2n) is 20.9. The normalized spacial score (nSPS) is 16.8. The van der Waals surface area contributed by atoms with Gasteiger partial charge in [0.2, 0.25) is 11.8 Å². The quantitative estimate of drug-likeness (QED) is 0.0296. The smallest absolute Gasteiger partial charge is 0.329 e. The van der Waals surface area contributed by atoms with Crippen molar-refractivity contribution < 1.29 is 62.0 Å². The fourth-order valence-electron chi connectivity index (χ4n) is 10.8. The number of fused-ring (bicyclic) bond motifs is 1. The molecule has 3 heterocycles. The number of unbranched alkanes of at least 4 members (excludes halogenated alkanes) is 6. The van der Waals surface area contributed by atoms with Crippen molar-refractivity contribution in [3.05, 3.63) is 124 Å². The number of esters is 1. The van der Waals surface area contributed by atoms with Crippen LogP contribution in [0.15, 0.2) is 85.1 Å². The summed E-state index contributed by atoms with van der Waals surface area (Å²) in [6, 6.07) is 19.9. The van der Waals surface area contributed by atoms with Crippen LogP contribution in [0.2, 0.25) is 0 Å². The molecule has 1 unspecified atom stereocenters. The minimum Gasteiger partial charge on any atom is -0.496 e. The predicted molar refractivity (Wildman–Crippen MR) is 301 cm³/mol. The van der Waals surface area contributed by atoms with E-state index in [1.165, 1.54) is 6.07 Å². The number of ketones is 1. The van der Waals surface area contributed by atoms with E-state index in [1.54, 1.807) is 50.5 Å². The van der Waals surface area contributed by atoms with Gasteiger partial charge in [-0.3, -0.25) is 33.7 Å². The standard InChI is InChI=1S/C63H78N4O13/c1-8-48(45-35-40(2)42(4)55(37-45)76-6)60(71)66-34-17-15-21-51(66)63(74)80-52(31-24-43-25-32-53(75-5)56(36-43)77-7)44-26-28-47(29-27-44)78-39-57(69)64-33-16-13-11-9-10-12-14-19-46(68)38-79-54-22-18-20-49-58(54)62(73)67(61(49)72)50-30-23-41(3)65-59(50)70/h18,20,22,25-29,32,35-37,48,50-52H,3,8-17,19,21,23-24,30-31,33-34,38-39H2,1-2,4-7H3,(H,64,69)(H,65,70)/t48-,50?,51-,52+/m0/s1. The highest BCUT2D eigenvalue weighted by Crippen LogP contribution is 2.37. The van der Waals surface area contributed by atoms with E-state index in [9.17, 15) is 33.6 Å². The van der Waals surface area contributed by atoms with Crippen LogP contribution in [-0.4, -0.2) is 111 Å². The van der Waals surface area contributed by atoms with Gasteiger partial charge < -0.3 is 44.0 Å². The molecule has 0 aliphatic carbocycles. The second kappa shape index (κ2) is 29.0. The van der Waals surface area contributed by atoms with E-state index in [-0.39, 0.29) is 54.1 Å². The van der Waals surface area contributed by atoms with Crippen molar-refractivity contribution in [2.75, 3.05) is 47.6 Å². The molecule has 7 rings (SSSR count). The Labute approximate surface area is 470 Å². The van der Waals surface area contributed by atoms with Crippen LogP contribution in [0.5, 0.6) is 28.7 Å². The van der Waals surface area contributed by atoms with E-state index < -0.39 is 47.8 Å². The van der Waals surface area contributed by atoms with Crippen LogP contribution in [0.25, 0.3) is 0 Å². The summed E-state index contributed by atoms with van der Waals surface area (Å²) in [4.78, 5) is 96.1. The molecule has 4 aromatic rings. The molecule has 0 radical (unpaired) electrons. The minimum absolute atomic E-state index is 0.0710. The lowest BCUT2D eigenvalue weighted by Crippen LogP contribution is -2.51. The highest BCUT2D eigenvalue weighted by atomic mass is 16.5. The van der Waals surface area contributed by atoms with Crippen LogP contribution in [0.1, 0.15) is 164 Å². The number of benzene rings is 4. The lowest BCUT2D eigenvalue weighted by atomic mass is 9.90. The molecule has 2 N–H and O–H groups in total. The molecule has 80 heavy (non-hydrogen) atoms. The molecule has 4 aromatic carbocycles. The minimum atomic E-state index is -0.936. The number of carbonyl (C=O) groups is 7. The van der Waals surface area contributed by atoms with Gasteiger partial charge in [0.05, 0.1) is 38.4 Å². The first-order chi connectivity index (χ1) is 38.6. The number of hydrogen-bond donors (Lipinski definition) is 2. The first-order valence-corrected chi connectivity index (χ1v) is 28.2. The summed E-state index contributed by atoms with van der Waals surface area (Å²) in [6.07, 6.45) is 10.3. The fourth-order valence-corrected chi connectivity index (χ4v) is 10.8. The number of imide groups is 1. The third kappa shape index (κ3) is 15.2. The number of aryl methyl sites for hydroxylation is 2. The number of Topliss-reactive ketones (excluding diaryl/α,β-unsaturated/α-hetero) is 1. The van der Waals surface area contributed by atoms with Crippen LogP contribution in [0.3, 0.4) is 0 Å². The number of carbonyl (C=O) groups excluding carboxylic acids is 7. The Hall–Kier alpha value is -7.69. The summed E-state index contributed by atoms with van der Waals surface area (Å²) in [5, 5.41) is 5.55. The summed E-state index contributed by atoms with van der Waals surface area (Å²) < 4.78 is 34.7. The highest BCUT2D eigenvalue weighted by molar-refractivity contribution is 6.24. The number of allylic oxidation sites excluding steroid dienone is 1. The average molecular weight is 1100 g/mol. The van der Waals surface area contributed by atoms with Gasteiger partial charge in [0.1, 0.15) is 42.0 Å². The maximum absolute atomic E-state index is 14.4. The maximum Gasteiger partial charge on any atom is 0.329 e. The van der Waals surface area contributed by atoms with Crippen LogP contribution >= 0.6 is 0 Å². The van der Waals surface area contributed by atoms with Crippen molar-refractivity contribution in [3.8, 4) is 28.7 Å². The Morgan fingerprint density at radius 3 is 2.19 bits per heavy atom. The maximum atomic E-state index is 14.4. The van der Waals surface area contributed by atoms with Crippen molar-refractivity contribution >= 4 is 41.3 Å². The molecular weight excluding hydrogens is 1020 g/mol. The van der Waals surface area contributed by atoms with Gasteiger partial charge in [0, 0.05) is 25.2 Å². The average Bonchev–Trinajstić information content (AvgIpc) is 3.80. The molecule has 0 aromatic heterocycles. The number of rotatable bonds is 29. The summed E-state index contributed by atoms with van der Waals surface area (Å²) in [7, 11) is 4.80. The number of nitrogens with zero attached hydrogens (tertiary/aromatic N) is 2. The second-order valence-corrected chi connectivity index (χ2v) is 20.9. The number of nitrogens with one attached hydrogen (secondary N) is 2. The topological polar surface area (TPSA) is 205 Å². The molecule has 2 saturated heterocycles. The Bertz CT molecular complexity index is 2880. The van der Waals surface area contributed by atoms with Crippen LogP contribution in [0, 0.1) is 13.8 Å². The molecule has 5 amide bonds. The third-order valence-electron chi connectivity index (χ3n) is 15.4. The molecule has 0 bridgehead atoms. The van der Waals surface area contributed by atoms with E-state index in [2.05, 4.69) is 17.2 Å². The van der Waals surface area contributed by atoms with E-state index >= 15 is 0 Å². The molecule has 0 spiro atoms. The van der Waals surface area contributed by atoms with E-state index in [0.29, 0.717) is 81.0 Å². The Morgan fingerprint density at radius 1 is 0.750 bits per heavy atom. The zero-order chi connectivity index (χ0) is 57.3. The molecule has 4 atom stereocenters. The fraction of sp³-hybridized carbons (Fsp3) is 0.476. The molecule has 3 aliphatic rings.